The SMILES string of the molecule is COc1cc(-c2cnc3cc(C)c(C)cc3n2)cc([N+](=O)[O-])c1O.Cc1cc2ncc(-c3cc(O)c(O)c([N+](=O)[O-])c3)nc2cc1C. The van der Waals surface area contributed by atoms with Gasteiger partial charge in [-0.05, 0) is 86.3 Å². The molecular weight excluding hydrogens is 608 g/mol. The molecule has 0 spiro atoms. The van der Waals surface area contributed by atoms with Gasteiger partial charge in [-0.15, -0.1) is 0 Å². The molecule has 2 heterocycles. The molecule has 47 heavy (non-hydrogen) atoms. The first-order chi connectivity index (χ1) is 22.3. The Hall–Kier alpha value is -6.44. The van der Waals surface area contributed by atoms with Gasteiger partial charge in [-0.25, -0.2) is 9.97 Å². The maximum absolute atomic E-state index is 11.1. The van der Waals surface area contributed by atoms with Crippen LogP contribution in [0.2, 0.25) is 0 Å². The molecule has 14 nitrogen and oxygen atoms in total. The lowest BCUT2D eigenvalue weighted by Crippen LogP contribution is -1.95. The van der Waals surface area contributed by atoms with Gasteiger partial charge in [-0.3, -0.25) is 30.2 Å². The number of methoxy groups -OCH3 is 1. The molecule has 3 N–H and O–H groups in total. The third-order valence-corrected chi connectivity index (χ3v) is 7.64. The number of hydrogen-bond acceptors (Lipinski definition) is 12. The molecule has 0 radical (unpaired) electrons. The molecule has 0 unspecified atom stereocenters. The lowest BCUT2D eigenvalue weighted by atomic mass is 10.1. The standard InChI is InChI=1S/C17H15N3O4.C16H13N3O4/c1-9-4-12-13(5-10(9)2)19-14(8-18-12)11-6-15(20(22)23)17(21)16(7-11)24-3;1-8-3-11-12(4-9(8)2)18-13(7-17-11)10-5-14(19(22)23)16(21)15(20)6-10/h4-8,21H,1-3H3;3-7,20-21H,1-2H3. The van der Waals surface area contributed by atoms with Gasteiger partial charge in [0.15, 0.2) is 11.5 Å². The van der Waals surface area contributed by atoms with Gasteiger partial charge in [0, 0.05) is 23.3 Å². The molecule has 14 heteroatoms. The molecule has 2 aromatic heterocycles. The molecule has 0 amide bonds. The second kappa shape index (κ2) is 12.5. The van der Waals surface area contributed by atoms with E-state index >= 15 is 0 Å². The smallest absolute Gasteiger partial charge is 0.315 e. The van der Waals surface area contributed by atoms with Gasteiger partial charge in [0.05, 0.1) is 62.8 Å². The average Bonchev–Trinajstić information content (AvgIpc) is 3.03. The van der Waals surface area contributed by atoms with Crippen LogP contribution in [0.3, 0.4) is 0 Å². The van der Waals surface area contributed by atoms with E-state index in [2.05, 4.69) is 19.9 Å². The Morgan fingerprint density at radius 1 is 0.596 bits per heavy atom. The molecule has 0 bridgehead atoms. The fourth-order valence-electron chi connectivity index (χ4n) is 4.74. The molecule has 6 aromatic rings. The number of nitro benzene ring substituents is 2. The van der Waals surface area contributed by atoms with E-state index in [1.807, 2.05) is 52.0 Å². The van der Waals surface area contributed by atoms with Crippen molar-refractivity contribution in [1.29, 1.82) is 0 Å². The molecule has 0 aliphatic heterocycles. The van der Waals surface area contributed by atoms with E-state index in [-0.39, 0.29) is 5.75 Å². The Morgan fingerprint density at radius 2 is 1.00 bits per heavy atom. The minimum Gasteiger partial charge on any atom is -0.504 e. The Kier molecular flexibility index (Phi) is 8.51. The number of phenolic OH excluding ortho intramolecular Hbond substituents is 3. The predicted molar refractivity (Wildman–Crippen MR) is 174 cm³/mol. The number of hydrogen-bond donors (Lipinski definition) is 3. The number of nitrogens with zero attached hydrogens (tertiary/aromatic N) is 6. The topological polar surface area (TPSA) is 208 Å². The fraction of sp³-hybridized carbons (Fsp3) is 0.152. The summed E-state index contributed by atoms with van der Waals surface area (Å²) in [6.45, 7) is 7.92. The number of phenols is 3. The normalized spacial score (nSPS) is 10.8. The van der Waals surface area contributed by atoms with Gasteiger partial charge in [-0.1, -0.05) is 0 Å². The van der Waals surface area contributed by atoms with Gasteiger partial charge in [0.25, 0.3) is 0 Å². The third kappa shape index (κ3) is 6.38. The maximum Gasteiger partial charge on any atom is 0.315 e. The number of aryl methyl sites for hydroxylation is 4. The minimum absolute atomic E-state index is 0.0150. The number of rotatable bonds is 5. The molecule has 0 saturated heterocycles. The van der Waals surface area contributed by atoms with Gasteiger partial charge in [0.1, 0.15) is 0 Å². The quantitative estimate of drug-likeness (QED) is 0.102. The van der Waals surface area contributed by atoms with E-state index in [1.54, 1.807) is 6.20 Å². The van der Waals surface area contributed by atoms with Crippen LogP contribution < -0.4 is 4.74 Å². The van der Waals surface area contributed by atoms with E-state index in [9.17, 15) is 35.5 Å². The Balaban J connectivity index is 0.000000185. The van der Waals surface area contributed by atoms with Crippen LogP contribution in [0.1, 0.15) is 22.3 Å². The highest BCUT2D eigenvalue weighted by Crippen LogP contribution is 2.40. The highest BCUT2D eigenvalue weighted by molar-refractivity contribution is 5.81. The molecule has 0 saturated carbocycles. The summed E-state index contributed by atoms with van der Waals surface area (Å²) in [5.41, 5.74) is 7.75. The molecule has 0 aliphatic carbocycles. The lowest BCUT2D eigenvalue weighted by Gasteiger charge is -2.08. The summed E-state index contributed by atoms with van der Waals surface area (Å²) in [4.78, 5) is 38.3. The van der Waals surface area contributed by atoms with Crippen LogP contribution in [0.4, 0.5) is 11.4 Å². The second-order valence-corrected chi connectivity index (χ2v) is 10.8. The van der Waals surface area contributed by atoms with Gasteiger partial charge in [0.2, 0.25) is 11.5 Å². The Bertz CT molecular complexity index is 2240. The van der Waals surface area contributed by atoms with Crippen LogP contribution in [-0.4, -0.2) is 52.2 Å². The first kappa shape index (κ1) is 32.0. The summed E-state index contributed by atoms with van der Waals surface area (Å²) in [5.74, 6) is -1.83. The first-order valence-electron chi connectivity index (χ1n) is 14.0. The van der Waals surface area contributed by atoms with Crippen LogP contribution >= 0.6 is 0 Å². The molecular formula is C33H28N6O8. The molecule has 0 aliphatic rings. The summed E-state index contributed by atoms with van der Waals surface area (Å²) < 4.78 is 5.02. The predicted octanol–water partition coefficient (Wildman–Crippen LogP) is 6.77. The van der Waals surface area contributed by atoms with Crippen molar-refractivity contribution in [2.75, 3.05) is 7.11 Å². The average molecular weight is 637 g/mol. The third-order valence-electron chi connectivity index (χ3n) is 7.64. The number of benzene rings is 4. The van der Waals surface area contributed by atoms with Crippen LogP contribution in [0.5, 0.6) is 23.0 Å². The van der Waals surface area contributed by atoms with Gasteiger partial charge >= 0.3 is 11.4 Å². The van der Waals surface area contributed by atoms with E-state index in [0.29, 0.717) is 39.1 Å². The molecule has 238 valence electrons. The zero-order valence-corrected chi connectivity index (χ0v) is 25.8. The highest BCUT2D eigenvalue weighted by atomic mass is 16.6. The van der Waals surface area contributed by atoms with Crippen molar-refractivity contribution in [2.45, 2.75) is 27.7 Å². The van der Waals surface area contributed by atoms with Crippen molar-refractivity contribution in [1.82, 2.24) is 19.9 Å². The van der Waals surface area contributed by atoms with Crippen molar-refractivity contribution < 1.29 is 29.9 Å². The Morgan fingerprint density at radius 3 is 1.43 bits per heavy atom. The molecule has 6 rings (SSSR count). The van der Waals surface area contributed by atoms with E-state index in [1.165, 1.54) is 31.5 Å². The maximum atomic E-state index is 11.1. The van der Waals surface area contributed by atoms with Crippen molar-refractivity contribution in [3.63, 3.8) is 0 Å². The fourth-order valence-corrected chi connectivity index (χ4v) is 4.74. The number of ether oxygens (including phenoxy) is 1. The summed E-state index contributed by atoms with van der Waals surface area (Å²) in [7, 11) is 1.33. The number of aromatic nitrogens is 4. The van der Waals surface area contributed by atoms with E-state index in [0.717, 1.165) is 33.8 Å². The monoisotopic (exact) mass is 636 g/mol. The van der Waals surface area contributed by atoms with Crippen molar-refractivity contribution in [3.05, 3.63) is 103 Å². The summed E-state index contributed by atoms with van der Waals surface area (Å²) in [6.07, 6.45) is 3.03. The zero-order chi connectivity index (χ0) is 34.2. The summed E-state index contributed by atoms with van der Waals surface area (Å²) in [5, 5.41) is 51.2. The lowest BCUT2D eigenvalue weighted by molar-refractivity contribution is -0.386. The zero-order valence-electron chi connectivity index (χ0n) is 25.8. The van der Waals surface area contributed by atoms with Gasteiger partial charge in [-0.2, -0.15) is 0 Å². The summed E-state index contributed by atoms with van der Waals surface area (Å²) in [6, 6.07) is 12.8. The molecule has 0 atom stereocenters. The van der Waals surface area contributed by atoms with Crippen LogP contribution in [0.25, 0.3) is 44.6 Å². The van der Waals surface area contributed by atoms with Gasteiger partial charge < -0.3 is 20.1 Å². The highest BCUT2D eigenvalue weighted by Gasteiger charge is 2.22. The van der Waals surface area contributed by atoms with Crippen molar-refractivity contribution >= 4 is 33.4 Å². The number of fused-ring (bicyclic) bond motifs is 2. The molecule has 4 aromatic carbocycles. The van der Waals surface area contributed by atoms with E-state index < -0.39 is 38.5 Å². The minimum atomic E-state index is -0.765. The van der Waals surface area contributed by atoms with E-state index in [4.69, 9.17) is 4.74 Å². The number of aromatic hydroxyl groups is 3. The Labute approximate surface area is 266 Å². The number of nitro groups is 2. The van der Waals surface area contributed by atoms with Crippen LogP contribution in [-0.2, 0) is 0 Å². The van der Waals surface area contributed by atoms with Crippen molar-refractivity contribution in [2.24, 2.45) is 0 Å². The van der Waals surface area contributed by atoms with Crippen LogP contribution in [0.15, 0.2) is 60.9 Å². The molecule has 0 fully saturated rings. The largest absolute Gasteiger partial charge is 0.504 e. The van der Waals surface area contributed by atoms with Crippen molar-refractivity contribution in [3.8, 4) is 45.5 Å². The first-order valence-corrected chi connectivity index (χ1v) is 14.0. The van der Waals surface area contributed by atoms with Crippen LogP contribution in [0, 0.1) is 47.9 Å². The second-order valence-electron chi connectivity index (χ2n) is 10.8. The summed E-state index contributed by atoms with van der Waals surface area (Å²) >= 11 is 0.